The van der Waals surface area contributed by atoms with Gasteiger partial charge in [-0.2, -0.15) is 5.01 Å². The average molecular weight is 550 g/mol. The van der Waals surface area contributed by atoms with Crippen molar-refractivity contribution in [1.82, 2.24) is 10.0 Å². The molecule has 2 aromatic rings. The van der Waals surface area contributed by atoms with Gasteiger partial charge in [0, 0.05) is 17.0 Å². The molecule has 10 heteroatoms. The summed E-state index contributed by atoms with van der Waals surface area (Å²) in [5, 5.41) is 2.05. The molecular weight excluding hydrogens is 530 g/mol. The minimum absolute atomic E-state index is 0.0367. The maximum atomic E-state index is 13.9. The largest absolute Gasteiger partial charge is 0.292 e. The highest BCUT2D eigenvalue weighted by atomic mass is 35.5. The Bertz CT molecular complexity index is 1270. The summed E-state index contributed by atoms with van der Waals surface area (Å²) in [5.74, 6) is -4.36. The number of imide groups is 1. The van der Waals surface area contributed by atoms with E-state index in [1.165, 1.54) is 30.3 Å². The van der Waals surface area contributed by atoms with Crippen molar-refractivity contribution in [2.24, 2.45) is 23.7 Å². The number of benzene rings is 2. The second kappa shape index (κ2) is 9.61. The molecule has 0 aromatic heterocycles. The summed E-state index contributed by atoms with van der Waals surface area (Å²) in [6, 6.07) is 7.65. The van der Waals surface area contributed by atoms with E-state index >= 15 is 0 Å². The highest BCUT2D eigenvalue weighted by Gasteiger charge is 2.62. The molecule has 1 heterocycles. The number of Topliss-reactive ketones (excluding diaryl/α,β-unsaturated/α-hetero) is 1. The van der Waals surface area contributed by atoms with E-state index in [-0.39, 0.29) is 45.3 Å². The Hall–Kier alpha value is -2.74. The minimum Gasteiger partial charge on any atom is -0.292 e. The Morgan fingerprint density at radius 2 is 1.53 bits per heavy atom. The van der Waals surface area contributed by atoms with Gasteiger partial charge in [0.15, 0.2) is 5.78 Å². The van der Waals surface area contributed by atoms with Crippen LogP contribution in [0.15, 0.2) is 54.6 Å². The number of hydrazine groups is 1. The van der Waals surface area contributed by atoms with Crippen molar-refractivity contribution in [1.29, 1.82) is 0 Å². The number of hydrogen-bond donors (Lipinski definition) is 0. The second-order valence-corrected chi connectivity index (χ2v) is 10.3. The van der Waals surface area contributed by atoms with Crippen LogP contribution >= 0.6 is 34.8 Å². The molecule has 0 radical (unpaired) electrons. The van der Waals surface area contributed by atoms with Crippen LogP contribution in [-0.4, -0.2) is 45.4 Å². The maximum Gasteiger partial charge on any atom is 0.273 e. The van der Waals surface area contributed by atoms with Gasteiger partial charge in [0.1, 0.15) is 11.9 Å². The lowest BCUT2D eigenvalue weighted by molar-refractivity contribution is -0.157. The number of fused-ring (bicyclic) bond motifs is 5. The normalized spacial score (nSPS) is 24.8. The Labute approximate surface area is 221 Å². The average Bonchev–Trinajstić information content (AvgIpc) is 3.55. The molecule has 1 saturated heterocycles. The molecule has 36 heavy (non-hydrogen) atoms. The molecule has 5 atom stereocenters. The number of carbonyl (C=O) groups is 4. The number of ketones is 1. The van der Waals surface area contributed by atoms with Crippen LogP contribution in [0.5, 0.6) is 0 Å². The minimum atomic E-state index is -1.30. The number of hydrogen-bond acceptors (Lipinski definition) is 4. The number of rotatable bonds is 7. The lowest BCUT2D eigenvalue weighted by atomic mass is 9.85. The zero-order valence-corrected chi connectivity index (χ0v) is 21.0. The summed E-state index contributed by atoms with van der Waals surface area (Å²) in [6.07, 6.45) is 4.53. The number of allylic oxidation sites excluding steroid dienone is 2. The van der Waals surface area contributed by atoms with Crippen LogP contribution in [0.4, 0.5) is 4.39 Å². The van der Waals surface area contributed by atoms with Gasteiger partial charge in [-0.15, -0.1) is 11.6 Å². The van der Waals surface area contributed by atoms with Gasteiger partial charge >= 0.3 is 0 Å². The van der Waals surface area contributed by atoms with Crippen LogP contribution in [0.25, 0.3) is 0 Å². The number of amides is 3. The molecule has 2 aliphatic carbocycles. The summed E-state index contributed by atoms with van der Waals surface area (Å²) in [7, 11) is 0. The summed E-state index contributed by atoms with van der Waals surface area (Å²) in [4.78, 5) is 54.8. The van der Waals surface area contributed by atoms with Gasteiger partial charge in [0.2, 0.25) is 0 Å². The Balaban J connectivity index is 1.60. The molecule has 6 nitrogen and oxygen atoms in total. The van der Waals surface area contributed by atoms with E-state index in [0.717, 1.165) is 22.2 Å². The molecule has 2 bridgehead atoms. The molecule has 0 spiro atoms. The third-order valence-electron chi connectivity index (χ3n) is 7.15. The van der Waals surface area contributed by atoms with Crippen molar-refractivity contribution in [2.45, 2.75) is 18.9 Å². The zero-order valence-electron chi connectivity index (χ0n) is 18.7. The van der Waals surface area contributed by atoms with Gasteiger partial charge in [-0.25, -0.2) is 9.40 Å². The Kier molecular flexibility index (Phi) is 6.66. The quantitative estimate of drug-likeness (QED) is 0.207. The highest BCUT2D eigenvalue weighted by molar-refractivity contribution is 6.42. The highest BCUT2D eigenvalue weighted by Crippen LogP contribution is 2.53. The van der Waals surface area contributed by atoms with Gasteiger partial charge in [0.05, 0.1) is 21.9 Å². The number of halogens is 4. The molecule has 2 aromatic carbocycles. The first-order valence-corrected chi connectivity index (χ1v) is 12.7. The third-order valence-corrected chi connectivity index (χ3v) is 8.10. The summed E-state index contributed by atoms with van der Waals surface area (Å²) in [5.41, 5.74) is 0.147. The second-order valence-electron chi connectivity index (χ2n) is 9.13. The van der Waals surface area contributed by atoms with Crippen LogP contribution in [0, 0.1) is 29.5 Å². The fraction of sp³-hybridized carbons (Fsp3) is 0.308. The molecule has 1 saturated carbocycles. The van der Waals surface area contributed by atoms with Crippen molar-refractivity contribution < 1.29 is 23.6 Å². The monoisotopic (exact) mass is 548 g/mol. The van der Waals surface area contributed by atoms with Crippen LogP contribution in [0.1, 0.15) is 33.6 Å². The van der Waals surface area contributed by atoms with Crippen molar-refractivity contribution >= 4 is 58.3 Å². The predicted molar refractivity (Wildman–Crippen MR) is 132 cm³/mol. The van der Waals surface area contributed by atoms with Gasteiger partial charge < -0.3 is 0 Å². The van der Waals surface area contributed by atoms with Crippen LogP contribution in [-0.2, 0) is 9.59 Å². The standard InChI is InChI=1S/C26H20Cl3FN2O4/c27-10-9-20(23(33)13-3-6-17(30)7-4-13)31(24(34)16-5-8-18(28)19(29)12-16)32-25(35)21-14-1-2-15(11-14)22(21)26(32)36/h1-8,12,14-15,20-22H,9-11H2/t14-,15-,20-,21+,22+/m0/s1. The molecule has 0 N–H and O–H groups in total. The van der Waals surface area contributed by atoms with Gasteiger partial charge in [-0.05, 0) is 67.1 Å². The summed E-state index contributed by atoms with van der Waals surface area (Å²) < 4.78 is 13.5. The van der Waals surface area contributed by atoms with E-state index in [1.54, 1.807) is 0 Å². The first kappa shape index (κ1) is 24.9. The van der Waals surface area contributed by atoms with Crippen molar-refractivity contribution in [2.75, 3.05) is 5.88 Å². The molecule has 186 valence electrons. The Morgan fingerprint density at radius 3 is 2.08 bits per heavy atom. The lowest BCUT2D eigenvalue weighted by Crippen LogP contribution is -2.58. The number of alkyl halides is 1. The van der Waals surface area contributed by atoms with Crippen LogP contribution < -0.4 is 0 Å². The number of nitrogens with zero attached hydrogens (tertiary/aromatic N) is 2. The van der Waals surface area contributed by atoms with E-state index in [2.05, 4.69) is 0 Å². The van der Waals surface area contributed by atoms with E-state index in [0.29, 0.717) is 6.42 Å². The first-order valence-electron chi connectivity index (χ1n) is 11.4. The molecule has 5 rings (SSSR count). The SMILES string of the molecule is O=C(c1ccc(F)cc1)[C@H](CCCl)N(C(=O)c1ccc(Cl)c(Cl)c1)N1C(=O)[C@H]2[C@H](C1=O)[C@H]1C=C[C@H]2C1. The molecule has 3 amide bonds. The summed E-state index contributed by atoms with van der Waals surface area (Å²) in [6.45, 7) is 0. The lowest BCUT2D eigenvalue weighted by Gasteiger charge is -2.36. The van der Waals surface area contributed by atoms with Crippen molar-refractivity contribution in [3.63, 3.8) is 0 Å². The van der Waals surface area contributed by atoms with Gasteiger partial charge in [-0.3, -0.25) is 19.2 Å². The van der Waals surface area contributed by atoms with Crippen LogP contribution in [0.2, 0.25) is 10.0 Å². The van der Waals surface area contributed by atoms with E-state index < -0.39 is 47.2 Å². The van der Waals surface area contributed by atoms with Gasteiger partial charge in [-0.1, -0.05) is 35.4 Å². The maximum absolute atomic E-state index is 13.9. The van der Waals surface area contributed by atoms with Crippen molar-refractivity contribution in [3.8, 4) is 0 Å². The molecular formula is C26H20Cl3FN2O4. The van der Waals surface area contributed by atoms with E-state index in [4.69, 9.17) is 34.8 Å². The third kappa shape index (κ3) is 4.03. The fourth-order valence-corrected chi connectivity index (χ4v) is 6.01. The summed E-state index contributed by atoms with van der Waals surface area (Å²) >= 11 is 18.2. The van der Waals surface area contributed by atoms with Crippen LogP contribution in [0.3, 0.4) is 0 Å². The molecule has 1 aliphatic heterocycles. The Morgan fingerprint density at radius 1 is 0.944 bits per heavy atom. The predicted octanol–water partition coefficient (Wildman–Crippen LogP) is 5.18. The smallest absolute Gasteiger partial charge is 0.273 e. The fourth-order valence-electron chi connectivity index (χ4n) is 5.51. The van der Waals surface area contributed by atoms with Gasteiger partial charge in [0.25, 0.3) is 17.7 Å². The topological polar surface area (TPSA) is 74.8 Å². The van der Waals surface area contributed by atoms with E-state index in [1.807, 2.05) is 12.2 Å². The zero-order chi connectivity index (χ0) is 25.7. The van der Waals surface area contributed by atoms with Crippen molar-refractivity contribution in [3.05, 3.63) is 81.6 Å². The first-order chi connectivity index (χ1) is 17.2. The molecule has 2 fully saturated rings. The molecule has 3 aliphatic rings. The molecule has 0 unspecified atom stereocenters. The number of carbonyl (C=O) groups excluding carboxylic acids is 4. The van der Waals surface area contributed by atoms with E-state index in [9.17, 15) is 23.6 Å².